The van der Waals surface area contributed by atoms with E-state index >= 15 is 0 Å². The van der Waals surface area contributed by atoms with Crippen LogP contribution < -0.4 is 5.73 Å². The molecular weight excluding hydrogens is 217 g/mol. The van der Waals surface area contributed by atoms with Gasteiger partial charge < -0.3 is 5.73 Å². The number of rotatable bonds is 1. The van der Waals surface area contributed by atoms with Crippen LogP contribution in [0.15, 0.2) is 18.2 Å². The van der Waals surface area contributed by atoms with Gasteiger partial charge in [-0.05, 0) is 24.6 Å². The minimum absolute atomic E-state index is 0.127. The first-order chi connectivity index (χ1) is 7.09. The van der Waals surface area contributed by atoms with E-state index in [1.54, 1.807) is 18.2 Å². The molecule has 0 saturated carbocycles. The molecular formula is C10H9ClFN3. The number of aryl methyl sites for hydroxylation is 1. The number of hydrogen-bond acceptors (Lipinski definition) is 2. The topological polar surface area (TPSA) is 54.7 Å². The van der Waals surface area contributed by atoms with Crippen LogP contribution in [0.5, 0.6) is 0 Å². The maximum atomic E-state index is 13.4. The van der Waals surface area contributed by atoms with Crippen LogP contribution in [0.25, 0.3) is 11.3 Å². The van der Waals surface area contributed by atoms with Gasteiger partial charge in [-0.15, -0.1) is 0 Å². The monoisotopic (exact) mass is 225 g/mol. The summed E-state index contributed by atoms with van der Waals surface area (Å²) in [6, 6.07) is 5.20. The zero-order chi connectivity index (χ0) is 11.0. The highest BCUT2D eigenvalue weighted by Crippen LogP contribution is 2.26. The van der Waals surface area contributed by atoms with Crippen LogP contribution in [-0.4, -0.2) is 10.2 Å². The molecule has 0 aliphatic rings. The molecule has 0 spiro atoms. The summed E-state index contributed by atoms with van der Waals surface area (Å²) in [5.74, 6) is -0.658. The standard InChI is InChI=1S/C10H9ClFN3/c1-5-4-6(2-3-7(5)11)9-8(12)10(13)15-14-9/h2-4H,1H3,(H3,13,14,15). The first-order valence-electron chi connectivity index (χ1n) is 4.35. The molecule has 2 aromatic rings. The summed E-state index contributed by atoms with van der Waals surface area (Å²) in [4.78, 5) is 0. The van der Waals surface area contributed by atoms with Gasteiger partial charge in [0, 0.05) is 10.6 Å². The van der Waals surface area contributed by atoms with Gasteiger partial charge in [0.25, 0.3) is 0 Å². The van der Waals surface area contributed by atoms with Crippen molar-refractivity contribution >= 4 is 17.4 Å². The molecule has 15 heavy (non-hydrogen) atoms. The van der Waals surface area contributed by atoms with Crippen molar-refractivity contribution in [3.8, 4) is 11.3 Å². The van der Waals surface area contributed by atoms with Crippen molar-refractivity contribution in [1.82, 2.24) is 10.2 Å². The Morgan fingerprint density at radius 2 is 2.20 bits per heavy atom. The second kappa shape index (κ2) is 3.55. The Bertz CT molecular complexity index is 507. The predicted octanol–water partition coefficient (Wildman–Crippen LogP) is 2.76. The first kappa shape index (κ1) is 9.98. The highest BCUT2D eigenvalue weighted by Gasteiger charge is 2.12. The third-order valence-electron chi connectivity index (χ3n) is 2.18. The van der Waals surface area contributed by atoms with Crippen LogP contribution in [0.3, 0.4) is 0 Å². The molecule has 0 aliphatic carbocycles. The van der Waals surface area contributed by atoms with Crippen LogP contribution >= 0.6 is 11.6 Å². The Morgan fingerprint density at radius 3 is 2.73 bits per heavy atom. The van der Waals surface area contributed by atoms with Crippen LogP contribution in [0.4, 0.5) is 10.2 Å². The van der Waals surface area contributed by atoms with Gasteiger partial charge >= 0.3 is 0 Å². The molecule has 0 bridgehead atoms. The van der Waals surface area contributed by atoms with E-state index in [2.05, 4.69) is 10.2 Å². The Kier molecular flexibility index (Phi) is 2.36. The number of hydrogen-bond donors (Lipinski definition) is 2. The fourth-order valence-electron chi connectivity index (χ4n) is 1.33. The van der Waals surface area contributed by atoms with Gasteiger partial charge in [-0.2, -0.15) is 5.10 Å². The number of aromatic amines is 1. The number of nitrogen functional groups attached to an aromatic ring is 1. The minimum atomic E-state index is -0.531. The van der Waals surface area contributed by atoms with Gasteiger partial charge in [0.05, 0.1) is 0 Å². The number of anilines is 1. The van der Waals surface area contributed by atoms with Crippen molar-refractivity contribution in [2.45, 2.75) is 6.92 Å². The maximum absolute atomic E-state index is 13.4. The summed E-state index contributed by atoms with van der Waals surface area (Å²) in [6.07, 6.45) is 0. The lowest BCUT2D eigenvalue weighted by Gasteiger charge is -2.01. The number of H-pyrrole nitrogens is 1. The van der Waals surface area contributed by atoms with E-state index in [-0.39, 0.29) is 11.5 Å². The molecule has 0 unspecified atom stereocenters. The highest BCUT2D eigenvalue weighted by atomic mass is 35.5. The zero-order valence-corrected chi connectivity index (χ0v) is 8.77. The number of nitrogens with one attached hydrogen (secondary N) is 1. The summed E-state index contributed by atoms with van der Waals surface area (Å²) in [5, 5.41) is 6.78. The number of halogens is 2. The molecule has 0 atom stereocenters. The summed E-state index contributed by atoms with van der Waals surface area (Å²) in [5.41, 5.74) is 7.14. The van der Waals surface area contributed by atoms with Gasteiger partial charge in [-0.3, -0.25) is 5.10 Å². The lowest BCUT2D eigenvalue weighted by molar-refractivity contribution is 0.636. The zero-order valence-electron chi connectivity index (χ0n) is 8.01. The van der Waals surface area contributed by atoms with Crippen molar-refractivity contribution in [3.05, 3.63) is 34.6 Å². The third kappa shape index (κ3) is 1.68. The molecule has 3 N–H and O–H groups in total. The summed E-state index contributed by atoms with van der Waals surface area (Å²) in [7, 11) is 0. The van der Waals surface area contributed by atoms with Crippen LogP contribution in [0.1, 0.15) is 5.56 Å². The molecule has 5 heteroatoms. The minimum Gasteiger partial charge on any atom is -0.380 e. The fourth-order valence-corrected chi connectivity index (χ4v) is 1.45. The van der Waals surface area contributed by atoms with E-state index in [9.17, 15) is 4.39 Å². The van der Waals surface area contributed by atoms with E-state index in [0.717, 1.165) is 5.56 Å². The highest BCUT2D eigenvalue weighted by molar-refractivity contribution is 6.31. The van der Waals surface area contributed by atoms with Crippen LogP contribution in [-0.2, 0) is 0 Å². The molecule has 0 amide bonds. The molecule has 78 valence electrons. The normalized spacial score (nSPS) is 10.6. The number of nitrogens with two attached hydrogens (primary N) is 1. The number of benzene rings is 1. The number of aromatic nitrogens is 2. The van der Waals surface area contributed by atoms with Crippen molar-refractivity contribution in [2.75, 3.05) is 5.73 Å². The molecule has 1 aromatic heterocycles. The average molecular weight is 226 g/mol. The van der Waals surface area contributed by atoms with E-state index in [0.29, 0.717) is 10.6 Å². The molecule has 1 aromatic carbocycles. The maximum Gasteiger partial charge on any atom is 0.192 e. The molecule has 3 nitrogen and oxygen atoms in total. The lowest BCUT2D eigenvalue weighted by Crippen LogP contribution is -1.88. The van der Waals surface area contributed by atoms with Crippen molar-refractivity contribution < 1.29 is 4.39 Å². The molecule has 2 rings (SSSR count). The van der Waals surface area contributed by atoms with Crippen molar-refractivity contribution in [3.63, 3.8) is 0 Å². The fraction of sp³-hybridized carbons (Fsp3) is 0.100. The van der Waals surface area contributed by atoms with Gasteiger partial charge in [0.1, 0.15) is 5.69 Å². The van der Waals surface area contributed by atoms with Gasteiger partial charge in [-0.1, -0.05) is 17.7 Å². The largest absolute Gasteiger partial charge is 0.380 e. The van der Waals surface area contributed by atoms with E-state index in [1.165, 1.54) is 0 Å². The Hall–Kier alpha value is -1.55. The molecule has 0 aliphatic heterocycles. The predicted molar refractivity (Wildman–Crippen MR) is 58.1 cm³/mol. The van der Waals surface area contributed by atoms with Gasteiger partial charge in [-0.25, -0.2) is 4.39 Å². The van der Waals surface area contributed by atoms with Crippen LogP contribution in [0, 0.1) is 12.7 Å². The van der Waals surface area contributed by atoms with E-state index in [4.69, 9.17) is 17.3 Å². The van der Waals surface area contributed by atoms with Crippen molar-refractivity contribution in [1.29, 1.82) is 0 Å². The summed E-state index contributed by atoms with van der Waals surface area (Å²) >= 11 is 5.87. The van der Waals surface area contributed by atoms with Crippen molar-refractivity contribution in [2.24, 2.45) is 0 Å². The smallest absolute Gasteiger partial charge is 0.192 e. The lowest BCUT2D eigenvalue weighted by atomic mass is 10.1. The SMILES string of the molecule is Cc1cc(-c2[nH]nc(N)c2F)ccc1Cl. The Balaban J connectivity index is 2.55. The van der Waals surface area contributed by atoms with Gasteiger partial charge in [0.2, 0.25) is 0 Å². The second-order valence-corrected chi connectivity index (χ2v) is 3.67. The number of nitrogens with zero attached hydrogens (tertiary/aromatic N) is 1. The molecule has 1 heterocycles. The average Bonchev–Trinajstić information content (AvgIpc) is 2.53. The van der Waals surface area contributed by atoms with E-state index < -0.39 is 5.82 Å². The molecule has 0 saturated heterocycles. The van der Waals surface area contributed by atoms with Crippen LogP contribution in [0.2, 0.25) is 5.02 Å². The second-order valence-electron chi connectivity index (χ2n) is 3.26. The summed E-state index contributed by atoms with van der Waals surface area (Å²) in [6.45, 7) is 1.85. The Labute approximate surface area is 91.1 Å². The summed E-state index contributed by atoms with van der Waals surface area (Å²) < 4.78 is 13.4. The Morgan fingerprint density at radius 1 is 1.47 bits per heavy atom. The molecule has 0 radical (unpaired) electrons. The quantitative estimate of drug-likeness (QED) is 0.784. The van der Waals surface area contributed by atoms with Gasteiger partial charge in [0.15, 0.2) is 11.6 Å². The third-order valence-corrected chi connectivity index (χ3v) is 2.60. The molecule has 0 fully saturated rings. The first-order valence-corrected chi connectivity index (χ1v) is 4.73. The van der Waals surface area contributed by atoms with E-state index in [1.807, 2.05) is 6.92 Å².